The number of nitrogens with zero attached hydrogens (tertiary/aromatic N) is 4. The largest absolute Gasteiger partial charge is 0.422 e. The van der Waals surface area contributed by atoms with Gasteiger partial charge in [-0.1, -0.05) is 6.07 Å². The predicted molar refractivity (Wildman–Crippen MR) is 88.2 cm³/mol. The fourth-order valence-electron chi connectivity index (χ4n) is 2.85. The average molecular weight is 322 g/mol. The van der Waals surface area contributed by atoms with Gasteiger partial charge in [-0.3, -0.25) is 9.20 Å². The second-order valence-electron chi connectivity index (χ2n) is 5.60. The van der Waals surface area contributed by atoms with Crippen molar-refractivity contribution >= 4 is 16.6 Å². The first-order valence-corrected chi connectivity index (χ1v) is 7.56. The topological polar surface area (TPSA) is 82.4 Å². The number of hydrogen-bond donors (Lipinski definition) is 0. The van der Waals surface area contributed by atoms with Gasteiger partial charge in [0.1, 0.15) is 11.4 Å². The van der Waals surface area contributed by atoms with Crippen LogP contribution in [-0.2, 0) is 13.0 Å². The van der Waals surface area contributed by atoms with Crippen molar-refractivity contribution in [2.45, 2.75) is 19.9 Å². The molecule has 120 valence electrons. The summed E-state index contributed by atoms with van der Waals surface area (Å²) in [6, 6.07) is 8.67. The van der Waals surface area contributed by atoms with Gasteiger partial charge in [-0.25, -0.2) is 4.79 Å². The van der Waals surface area contributed by atoms with Crippen molar-refractivity contribution in [1.82, 2.24) is 19.2 Å². The lowest BCUT2D eigenvalue weighted by molar-refractivity contribution is 0.555. The zero-order valence-electron chi connectivity index (χ0n) is 13.0. The molecule has 4 heterocycles. The van der Waals surface area contributed by atoms with E-state index in [1.54, 1.807) is 23.8 Å². The van der Waals surface area contributed by atoms with Crippen LogP contribution >= 0.6 is 0 Å². The maximum atomic E-state index is 12.6. The monoisotopic (exact) mass is 322 g/mol. The van der Waals surface area contributed by atoms with Crippen molar-refractivity contribution in [2.75, 3.05) is 0 Å². The van der Waals surface area contributed by atoms with Crippen molar-refractivity contribution in [3.8, 4) is 0 Å². The minimum atomic E-state index is -0.452. The van der Waals surface area contributed by atoms with Gasteiger partial charge in [-0.15, -0.1) is 10.2 Å². The molecule has 0 saturated heterocycles. The molecule has 0 fully saturated rings. The molecule has 0 radical (unpaired) electrons. The van der Waals surface area contributed by atoms with Gasteiger partial charge in [-0.2, -0.15) is 0 Å². The van der Waals surface area contributed by atoms with E-state index in [1.165, 1.54) is 6.07 Å². The first-order chi connectivity index (χ1) is 11.6. The van der Waals surface area contributed by atoms with Gasteiger partial charge in [0.2, 0.25) is 0 Å². The molecule has 24 heavy (non-hydrogen) atoms. The highest BCUT2D eigenvalue weighted by molar-refractivity contribution is 5.78. The average Bonchev–Trinajstić information content (AvgIpc) is 2.97. The molecule has 0 N–H and O–H groups in total. The fraction of sp³-hybridized carbons (Fsp3) is 0.176. The number of hydrogen-bond acceptors (Lipinski definition) is 5. The molecule has 0 amide bonds. The zero-order chi connectivity index (χ0) is 16.7. The molecule has 0 atom stereocenters. The zero-order valence-corrected chi connectivity index (χ0v) is 13.0. The molecule has 0 saturated carbocycles. The van der Waals surface area contributed by atoms with E-state index >= 15 is 0 Å². The number of pyridine rings is 2. The maximum absolute atomic E-state index is 12.6. The minimum Gasteiger partial charge on any atom is -0.422 e. The molecule has 7 nitrogen and oxygen atoms in total. The summed E-state index contributed by atoms with van der Waals surface area (Å²) in [6.07, 6.45) is 4.09. The van der Waals surface area contributed by atoms with Crippen LogP contribution in [0.25, 0.3) is 16.6 Å². The van der Waals surface area contributed by atoms with E-state index in [0.717, 1.165) is 11.5 Å². The van der Waals surface area contributed by atoms with Crippen LogP contribution in [-0.4, -0.2) is 19.2 Å². The van der Waals surface area contributed by atoms with Crippen LogP contribution in [0.15, 0.2) is 56.7 Å². The minimum absolute atomic E-state index is 0.178. The van der Waals surface area contributed by atoms with Crippen molar-refractivity contribution in [3.63, 3.8) is 0 Å². The fourth-order valence-corrected chi connectivity index (χ4v) is 2.85. The van der Waals surface area contributed by atoms with Crippen LogP contribution in [0.5, 0.6) is 0 Å². The molecule has 7 heteroatoms. The highest BCUT2D eigenvalue weighted by atomic mass is 16.4. The van der Waals surface area contributed by atoms with E-state index in [9.17, 15) is 9.59 Å². The molecule has 4 aromatic heterocycles. The van der Waals surface area contributed by atoms with E-state index in [-0.39, 0.29) is 5.56 Å². The van der Waals surface area contributed by atoms with Crippen molar-refractivity contribution in [1.29, 1.82) is 0 Å². The van der Waals surface area contributed by atoms with E-state index in [4.69, 9.17) is 4.42 Å². The van der Waals surface area contributed by atoms with E-state index in [2.05, 4.69) is 10.2 Å². The van der Waals surface area contributed by atoms with Crippen LogP contribution < -0.4 is 11.2 Å². The Morgan fingerprint density at radius 1 is 1.12 bits per heavy atom. The van der Waals surface area contributed by atoms with E-state index in [1.807, 2.05) is 28.8 Å². The molecule has 0 aliphatic carbocycles. The molecule has 4 rings (SSSR count). The molecule has 0 aromatic carbocycles. The normalized spacial score (nSPS) is 11.4. The summed E-state index contributed by atoms with van der Waals surface area (Å²) >= 11 is 0. The molecule has 0 bridgehead atoms. The van der Waals surface area contributed by atoms with Crippen LogP contribution in [0.2, 0.25) is 0 Å². The summed E-state index contributed by atoms with van der Waals surface area (Å²) in [6.45, 7) is 2.19. The molecule has 0 spiro atoms. The van der Waals surface area contributed by atoms with Crippen LogP contribution in [0, 0.1) is 6.92 Å². The van der Waals surface area contributed by atoms with Crippen LogP contribution in [0.3, 0.4) is 0 Å². The quantitative estimate of drug-likeness (QED) is 0.571. The predicted octanol–water partition coefficient (Wildman–Crippen LogP) is 1.55. The summed E-state index contributed by atoms with van der Waals surface area (Å²) in [4.78, 5) is 24.1. The standard InChI is InChI=1S/C17H14N4O3/c1-11-10-15(22)24-12-5-8-20(17(23)16(11)12)9-6-14-19-18-13-4-2-3-7-21(13)14/h2-5,7-8,10H,6,9H2,1H3. The SMILES string of the molecule is Cc1cc(=O)oc2ccn(CCc3nnc4ccccn34)c(=O)c12. The Hall–Kier alpha value is -3.22. The maximum Gasteiger partial charge on any atom is 0.336 e. The second-order valence-corrected chi connectivity index (χ2v) is 5.60. The van der Waals surface area contributed by atoms with E-state index in [0.29, 0.717) is 29.5 Å². The summed E-state index contributed by atoms with van der Waals surface area (Å²) in [5, 5.41) is 8.71. The first kappa shape index (κ1) is 14.4. The Bertz CT molecular complexity index is 1170. The third-order valence-corrected chi connectivity index (χ3v) is 4.03. The van der Waals surface area contributed by atoms with Gasteiger partial charge in [0.05, 0.1) is 5.39 Å². The lowest BCUT2D eigenvalue weighted by Crippen LogP contribution is -2.22. The van der Waals surface area contributed by atoms with E-state index < -0.39 is 5.63 Å². The Kier molecular flexibility index (Phi) is 3.26. The van der Waals surface area contributed by atoms with Gasteiger partial charge in [0.15, 0.2) is 5.65 Å². The number of aromatic nitrogens is 4. The molecule has 0 aliphatic rings. The van der Waals surface area contributed by atoms with Crippen LogP contribution in [0.1, 0.15) is 11.4 Å². The molecular weight excluding hydrogens is 308 g/mol. The van der Waals surface area contributed by atoms with Gasteiger partial charge in [0.25, 0.3) is 5.56 Å². The smallest absolute Gasteiger partial charge is 0.336 e. The van der Waals surface area contributed by atoms with Gasteiger partial charge < -0.3 is 8.98 Å². The van der Waals surface area contributed by atoms with Crippen molar-refractivity contribution < 1.29 is 4.42 Å². The van der Waals surface area contributed by atoms with Gasteiger partial charge >= 0.3 is 5.63 Å². The summed E-state index contributed by atoms with van der Waals surface area (Å²) in [7, 11) is 0. The van der Waals surface area contributed by atoms with Crippen molar-refractivity contribution in [2.24, 2.45) is 0 Å². The highest BCUT2D eigenvalue weighted by Crippen LogP contribution is 2.11. The Morgan fingerprint density at radius 3 is 2.88 bits per heavy atom. The molecule has 0 aliphatic heterocycles. The van der Waals surface area contributed by atoms with Crippen LogP contribution in [0.4, 0.5) is 0 Å². The number of fused-ring (bicyclic) bond motifs is 2. The summed E-state index contributed by atoms with van der Waals surface area (Å²) < 4.78 is 8.59. The molecule has 4 aromatic rings. The Balaban J connectivity index is 1.71. The summed E-state index contributed by atoms with van der Waals surface area (Å²) in [5.74, 6) is 0.786. The lowest BCUT2D eigenvalue weighted by atomic mass is 10.2. The lowest BCUT2D eigenvalue weighted by Gasteiger charge is -2.07. The number of rotatable bonds is 3. The second kappa shape index (κ2) is 5.45. The molecular formula is C17H14N4O3. The Morgan fingerprint density at radius 2 is 2.00 bits per heavy atom. The first-order valence-electron chi connectivity index (χ1n) is 7.56. The third-order valence-electron chi connectivity index (χ3n) is 4.03. The number of aryl methyl sites for hydroxylation is 3. The Labute approximate surface area is 135 Å². The summed E-state index contributed by atoms with van der Waals surface area (Å²) in [5.41, 5.74) is 1.08. The third kappa shape index (κ3) is 2.30. The van der Waals surface area contributed by atoms with Crippen molar-refractivity contribution in [3.05, 3.63) is 74.9 Å². The van der Waals surface area contributed by atoms with Gasteiger partial charge in [0, 0.05) is 31.4 Å². The van der Waals surface area contributed by atoms with Gasteiger partial charge in [-0.05, 0) is 30.7 Å². The molecule has 0 unspecified atom stereocenters. The highest BCUT2D eigenvalue weighted by Gasteiger charge is 2.10.